The molecule has 0 aliphatic carbocycles. The first-order valence-electron chi connectivity index (χ1n) is 9.82. The lowest BCUT2D eigenvalue weighted by atomic mass is 10.1. The molecule has 2 N–H and O–H groups in total. The minimum absolute atomic E-state index is 0.143. The van der Waals surface area contributed by atoms with Crippen LogP contribution >= 0.6 is 0 Å². The molecule has 0 saturated heterocycles. The van der Waals surface area contributed by atoms with E-state index in [2.05, 4.69) is 15.3 Å². The average molecular weight is 414 g/mol. The molecule has 0 saturated carbocycles. The van der Waals surface area contributed by atoms with Crippen molar-refractivity contribution in [1.82, 2.24) is 19.9 Å². The summed E-state index contributed by atoms with van der Waals surface area (Å²) in [4.78, 5) is 31.5. The number of hydrogen-bond acceptors (Lipinski definition) is 4. The monoisotopic (exact) mass is 414 g/mol. The number of carbonyl (C=O) groups excluding carboxylic acids is 1. The van der Waals surface area contributed by atoms with Gasteiger partial charge in [0.2, 0.25) is 0 Å². The smallest absolute Gasteiger partial charge is 0.252 e. The molecule has 1 amide bonds. The SMILES string of the molecule is Cc1c(Oc2ccnc(-c3ccn(C)c3)c2)cccc1C(=O)NCc1ccc[nH]c1=O. The van der Waals surface area contributed by atoms with Crippen LogP contribution in [0, 0.1) is 6.92 Å². The molecular weight excluding hydrogens is 392 g/mol. The lowest BCUT2D eigenvalue weighted by Crippen LogP contribution is -2.27. The Bertz CT molecular complexity index is 1290. The van der Waals surface area contributed by atoms with Gasteiger partial charge in [0, 0.05) is 66.7 Å². The average Bonchev–Trinajstić information content (AvgIpc) is 3.21. The third-order valence-corrected chi connectivity index (χ3v) is 4.95. The van der Waals surface area contributed by atoms with Crippen LogP contribution in [0.2, 0.25) is 0 Å². The fourth-order valence-corrected chi connectivity index (χ4v) is 3.25. The van der Waals surface area contributed by atoms with Crippen molar-refractivity contribution < 1.29 is 9.53 Å². The van der Waals surface area contributed by atoms with Gasteiger partial charge in [-0.25, -0.2) is 0 Å². The second-order valence-corrected chi connectivity index (χ2v) is 7.18. The van der Waals surface area contributed by atoms with Crippen LogP contribution in [0.25, 0.3) is 11.3 Å². The third kappa shape index (κ3) is 4.56. The number of nitrogens with one attached hydrogen (secondary N) is 2. The van der Waals surface area contributed by atoms with Crippen molar-refractivity contribution in [2.75, 3.05) is 0 Å². The lowest BCUT2D eigenvalue weighted by Gasteiger charge is -2.13. The molecule has 3 heterocycles. The molecule has 0 fully saturated rings. The molecule has 31 heavy (non-hydrogen) atoms. The highest BCUT2D eigenvalue weighted by molar-refractivity contribution is 5.96. The van der Waals surface area contributed by atoms with Gasteiger partial charge in [0.25, 0.3) is 11.5 Å². The van der Waals surface area contributed by atoms with Crippen LogP contribution < -0.4 is 15.6 Å². The second-order valence-electron chi connectivity index (χ2n) is 7.18. The summed E-state index contributed by atoms with van der Waals surface area (Å²) in [5, 5.41) is 2.79. The molecule has 0 spiro atoms. The summed E-state index contributed by atoms with van der Waals surface area (Å²) < 4.78 is 8.03. The number of rotatable bonds is 6. The Hall–Kier alpha value is -4.13. The van der Waals surface area contributed by atoms with Gasteiger partial charge in [0.15, 0.2) is 0 Å². The van der Waals surface area contributed by atoms with Gasteiger partial charge in [-0.1, -0.05) is 12.1 Å². The predicted octanol–water partition coefficient (Wildman–Crippen LogP) is 3.81. The number of aromatic amines is 1. The Labute approximate surface area is 179 Å². The number of hydrogen-bond donors (Lipinski definition) is 2. The quantitative estimate of drug-likeness (QED) is 0.502. The maximum Gasteiger partial charge on any atom is 0.252 e. The molecule has 1 aromatic carbocycles. The van der Waals surface area contributed by atoms with Gasteiger partial charge in [0.05, 0.1) is 5.69 Å². The van der Waals surface area contributed by atoms with Crippen molar-refractivity contribution in [3.63, 3.8) is 0 Å². The molecule has 0 aliphatic heterocycles. The van der Waals surface area contributed by atoms with Gasteiger partial charge >= 0.3 is 0 Å². The van der Waals surface area contributed by atoms with Gasteiger partial charge in [-0.2, -0.15) is 0 Å². The van der Waals surface area contributed by atoms with Gasteiger partial charge in [-0.3, -0.25) is 14.6 Å². The summed E-state index contributed by atoms with van der Waals surface area (Å²) in [5.74, 6) is 0.937. The molecule has 7 heteroatoms. The standard InChI is InChI=1S/C24H22N4O3/c1-16-20(24(30)27-14-17-5-4-10-26-23(17)29)6-3-7-22(16)31-19-8-11-25-21(13-19)18-9-12-28(2)15-18/h3-13,15H,14H2,1-2H3,(H,26,29)(H,27,30). The number of amides is 1. The van der Waals surface area contributed by atoms with E-state index in [0.717, 1.165) is 11.3 Å². The molecule has 156 valence electrons. The van der Waals surface area contributed by atoms with Crippen molar-refractivity contribution in [3.05, 3.63) is 100 Å². The van der Waals surface area contributed by atoms with E-state index in [0.29, 0.717) is 28.2 Å². The molecule has 7 nitrogen and oxygen atoms in total. The molecule has 0 aliphatic rings. The van der Waals surface area contributed by atoms with Crippen molar-refractivity contribution >= 4 is 5.91 Å². The largest absolute Gasteiger partial charge is 0.457 e. The van der Waals surface area contributed by atoms with Crippen molar-refractivity contribution in [2.45, 2.75) is 13.5 Å². The van der Waals surface area contributed by atoms with E-state index in [4.69, 9.17) is 4.74 Å². The molecule has 0 unspecified atom stereocenters. The Morgan fingerprint density at radius 3 is 2.84 bits per heavy atom. The molecule has 4 rings (SSSR count). The van der Waals surface area contributed by atoms with Gasteiger partial charge in [-0.05, 0) is 37.3 Å². The topological polar surface area (TPSA) is 89.0 Å². The number of ether oxygens (including phenoxy) is 1. The minimum atomic E-state index is -0.272. The van der Waals surface area contributed by atoms with E-state index >= 15 is 0 Å². The Morgan fingerprint density at radius 1 is 1.19 bits per heavy atom. The van der Waals surface area contributed by atoms with E-state index in [-0.39, 0.29) is 18.0 Å². The summed E-state index contributed by atoms with van der Waals surface area (Å²) in [6.45, 7) is 1.98. The first kappa shape index (κ1) is 20.2. The predicted molar refractivity (Wildman–Crippen MR) is 118 cm³/mol. The zero-order chi connectivity index (χ0) is 21.8. The third-order valence-electron chi connectivity index (χ3n) is 4.95. The number of carbonyl (C=O) groups is 1. The van der Waals surface area contributed by atoms with E-state index in [1.165, 1.54) is 0 Å². The number of pyridine rings is 2. The van der Waals surface area contributed by atoms with Crippen LogP contribution in [0.3, 0.4) is 0 Å². The van der Waals surface area contributed by atoms with Gasteiger partial charge in [-0.15, -0.1) is 0 Å². The van der Waals surface area contributed by atoms with E-state index in [9.17, 15) is 9.59 Å². The van der Waals surface area contributed by atoms with E-state index in [1.807, 2.05) is 49.1 Å². The highest BCUT2D eigenvalue weighted by Gasteiger charge is 2.14. The van der Waals surface area contributed by atoms with Gasteiger partial charge < -0.3 is 19.6 Å². The molecule has 0 atom stereocenters. The molecule has 3 aromatic heterocycles. The zero-order valence-electron chi connectivity index (χ0n) is 17.3. The summed E-state index contributed by atoms with van der Waals surface area (Å²) in [6, 6.07) is 14.3. The summed E-state index contributed by atoms with van der Waals surface area (Å²) in [5.41, 5.74) is 3.27. The van der Waals surface area contributed by atoms with Gasteiger partial charge in [0.1, 0.15) is 11.5 Å². The number of nitrogens with zero attached hydrogens (tertiary/aromatic N) is 2. The van der Waals surface area contributed by atoms with E-state index in [1.54, 1.807) is 42.7 Å². The lowest BCUT2D eigenvalue weighted by molar-refractivity contribution is 0.0950. The van der Waals surface area contributed by atoms with Crippen LogP contribution in [0.1, 0.15) is 21.5 Å². The Morgan fingerprint density at radius 2 is 2.06 bits per heavy atom. The minimum Gasteiger partial charge on any atom is -0.457 e. The fourth-order valence-electron chi connectivity index (χ4n) is 3.25. The molecule has 4 aromatic rings. The van der Waals surface area contributed by atoms with Crippen LogP contribution in [-0.2, 0) is 13.6 Å². The summed E-state index contributed by atoms with van der Waals surface area (Å²) in [7, 11) is 1.96. The van der Waals surface area contributed by atoms with Crippen molar-refractivity contribution in [1.29, 1.82) is 0 Å². The molecule has 0 bridgehead atoms. The zero-order valence-corrected chi connectivity index (χ0v) is 17.3. The molecular formula is C24H22N4O3. The fraction of sp³-hybridized carbons (Fsp3) is 0.125. The normalized spacial score (nSPS) is 10.6. The summed E-state index contributed by atoms with van der Waals surface area (Å²) in [6.07, 6.45) is 7.20. The van der Waals surface area contributed by atoms with Crippen molar-refractivity contribution in [3.8, 4) is 22.8 Å². The highest BCUT2D eigenvalue weighted by atomic mass is 16.5. The van der Waals surface area contributed by atoms with E-state index < -0.39 is 0 Å². The highest BCUT2D eigenvalue weighted by Crippen LogP contribution is 2.29. The Balaban J connectivity index is 1.52. The number of benzene rings is 1. The van der Waals surface area contributed by atoms with Crippen LogP contribution in [0.5, 0.6) is 11.5 Å². The maximum atomic E-state index is 12.7. The molecule has 0 radical (unpaired) electrons. The first-order chi connectivity index (χ1) is 15.0. The van der Waals surface area contributed by atoms with Crippen LogP contribution in [0.15, 0.2) is 78.1 Å². The van der Waals surface area contributed by atoms with Crippen LogP contribution in [0.4, 0.5) is 0 Å². The first-order valence-corrected chi connectivity index (χ1v) is 9.82. The van der Waals surface area contributed by atoms with Crippen molar-refractivity contribution in [2.24, 2.45) is 7.05 Å². The summed E-state index contributed by atoms with van der Waals surface area (Å²) >= 11 is 0. The van der Waals surface area contributed by atoms with Crippen LogP contribution in [-0.4, -0.2) is 20.4 Å². The Kier molecular flexibility index (Phi) is 5.66. The number of H-pyrrole nitrogens is 1. The maximum absolute atomic E-state index is 12.7. The number of aryl methyl sites for hydroxylation is 1. The second kappa shape index (κ2) is 8.71. The number of aromatic nitrogens is 3.